The van der Waals surface area contributed by atoms with Crippen molar-refractivity contribution in [2.45, 2.75) is 18.4 Å². The molecule has 0 aliphatic heterocycles. The van der Waals surface area contributed by atoms with Gasteiger partial charge in [-0.3, -0.25) is 4.79 Å². The van der Waals surface area contributed by atoms with E-state index >= 15 is 0 Å². The lowest BCUT2D eigenvalue weighted by Crippen LogP contribution is -2.30. The minimum Gasteiger partial charge on any atom is -0.497 e. The fraction of sp³-hybridized carbons (Fsp3) is 0.278. The lowest BCUT2D eigenvalue weighted by atomic mass is 10.0. The van der Waals surface area contributed by atoms with Gasteiger partial charge in [-0.15, -0.1) is 0 Å². The Labute approximate surface area is 142 Å². The minimum atomic E-state index is -1.23. The van der Waals surface area contributed by atoms with Crippen LogP contribution in [-0.2, 0) is 6.42 Å². The number of fused-ring (bicyclic) bond motifs is 3. The number of aromatic nitrogens is 1. The first kappa shape index (κ1) is 15.6. The Morgan fingerprint density at radius 2 is 2.04 bits per heavy atom. The van der Waals surface area contributed by atoms with Gasteiger partial charge in [-0.1, -0.05) is 6.07 Å². The Bertz CT molecular complexity index is 899. The van der Waals surface area contributed by atoms with Gasteiger partial charge < -0.3 is 15.2 Å². The normalized spacial score (nSPS) is 22.7. The summed E-state index contributed by atoms with van der Waals surface area (Å²) in [5.41, 5.74) is 1.82. The third-order valence-corrected chi connectivity index (χ3v) is 4.87. The highest BCUT2D eigenvalue weighted by atomic mass is 19.1. The summed E-state index contributed by atoms with van der Waals surface area (Å²) >= 11 is 0. The van der Waals surface area contributed by atoms with Crippen LogP contribution in [-0.4, -0.2) is 35.1 Å². The zero-order valence-corrected chi connectivity index (χ0v) is 13.3. The first-order valence-corrected chi connectivity index (χ1v) is 7.86. The van der Waals surface area contributed by atoms with Crippen molar-refractivity contribution in [3.63, 3.8) is 0 Å². The van der Waals surface area contributed by atoms with Crippen LogP contribution >= 0.6 is 0 Å². The number of carbonyl (C=O) groups excluding carboxylic acids is 1. The second kappa shape index (κ2) is 5.54. The van der Waals surface area contributed by atoms with Crippen molar-refractivity contribution in [3.05, 3.63) is 58.7 Å². The fourth-order valence-corrected chi connectivity index (χ4v) is 3.65. The average molecular weight is 342 g/mol. The molecule has 4 rings (SSSR count). The monoisotopic (exact) mass is 342 g/mol. The molecule has 2 aromatic rings. The molecule has 1 heterocycles. The van der Waals surface area contributed by atoms with E-state index in [1.165, 1.54) is 25.3 Å². The van der Waals surface area contributed by atoms with E-state index < -0.39 is 11.9 Å². The van der Waals surface area contributed by atoms with Crippen LogP contribution in [0.1, 0.15) is 38.0 Å². The van der Waals surface area contributed by atoms with Gasteiger partial charge in [0.2, 0.25) is 0 Å². The van der Waals surface area contributed by atoms with E-state index in [4.69, 9.17) is 9.84 Å². The highest BCUT2D eigenvalue weighted by Crippen LogP contribution is 2.56. The average Bonchev–Trinajstić information content (AvgIpc) is 3.11. The Balaban J connectivity index is 1.52. The minimum absolute atomic E-state index is 0.000975. The molecule has 0 saturated heterocycles. The van der Waals surface area contributed by atoms with Gasteiger partial charge >= 0.3 is 5.97 Å². The summed E-state index contributed by atoms with van der Waals surface area (Å²) in [4.78, 5) is 27.4. The maximum atomic E-state index is 13.3. The van der Waals surface area contributed by atoms with Crippen molar-refractivity contribution in [1.82, 2.24) is 10.3 Å². The van der Waals surface area contributed by atoms with E-state index in [9.17, 15) is 14.0 Å². The number of rotatable bonds is 4. The van der Waals surface area contributed by atoms with Gasteiger partial charge in [-0.2, -0.15) is 0 Å². The highest BCUT2D eigenvalue weighted by molar-refractivity contribution is 5.95. The Morgan fingerprint density at radius 3 is 2.76 bits per heavy atom. The number of methoxy groups -OCH3 is 1. The maximum absolute atomic E-state index is 13.3. The van der Waals surface area contributed by atoms with E-state index in [-0.39, 0.29) is 40.8 Å². The third-order valence-electron chi connectivity index (χ3n) is 4.87. The van der Waals surface area contributed by atoms with Gasteiger partial charge in [0.1, 0.15) is 17.3 Å². The van der Waals surface area contributed by atoms with Crippen LogP contribution in [0.5, 0.6) is 5.75 Å². The van der Waals surface area contributed by atoms with E-state index in [1.807, 2.05) is 0 Å². The molecule has 2 aliphatic rings. The van der Waals surface area contributed by atoms with E-state index in [1.54, 1.807) is 12.1 Å². The second-order valence-corrected chi connectivity index (χ2v) is 6.32. The predicted octanol–water partition coefficient (Wildman–Crippen LogP) is 2.00. The largest absolute Gasteiger partial charge is 0.497 e. The van der Waals surface area contributed by atoms with Crippen molar-refractivity contribution in [2.24, 2.45) is 5.92 Å². The summed E-state index contributed by atoms with van der Waals surface area (Å²) in [6.45, 7) is 0. The molecule has 1 fully saturated rings. The van der Waals surface area contributed by atoms with Gasteiger partial charge in [-0.05, 0) is 35.6 Å². The summed E-state index contributed by atoms with van der Waals surface area (Å²) in [5, 5.41) is 12.0. The van der Waals surface area contributed by atoms with Crippen LogP contribution in [0.4, 0.5) is 4.39 Å². The van der Waals surface area contributed by atoms with Crippen molar-refractivity contribution >= 4 is 11.9 Å². The number of amides is 1. The van der Waals surface area contributed by atoms with Crippen molar-refractivity contribution in [2.75, 3.05) is 7.11 Å². The summed E-state index contributed by atoms with van der Waals surface area (Å²) in [5.74, 6) is -1.22. The third kappa shape index (κ3) is 2.61. The number of carboxylic acid groups (broad SMARTS) is 1. The van der Waals surface area contributed by atoms with Crippen LogP contribution in [0.25, 0.3) is 0 Å². The van der Waals surface area contributed by atoms with Gasteiger partial charge in [0.05, 0.1) is 7.11 Å². The molecule has 0 radical (unpaired) electrons. The number of ether oxygens (including phenoxy) is 1. The van der Waals surface area contributed by atoms with E-state index in [0.717, 1.165) is 17.5 Å². The van der Waals surface area contributed by atoms with Gasteiger partial charge in [0.25, 0.3) is 5.91 Å². The summed E-state index contributed by atoms with van der Waals surface area (Å²) in [6, 6.07) is 7.38. The van der Waals surface area contributed by atoms with Crippen LogP contribution in [0.2, 0.25) is 0 Å². The molecule has 2 aliphatic carbocycles. The van der Waals surface area contributed by atoms with Gasteiger partial charge in [0.15, 0.2) is 5.69 Å². The molecule has 128 valence electrons. The molecule has 0 spiro atoms. The number of benzene rings is 1. The molecule has 1 aromatic heterocycles. The summed E-state index contributed by atoms with van der Waals surface area (Å²) in [7, 11) is 1.39. The Morgan fingerprint density at radius 1 is 1.28 bits per heavy atom. The lowest BCUT2D eigenvalue weighted by molar-refractivity contribution is 0.0690. The molecule has 2 N–H and O–H groups in total. The number of carboxylic acids is 1. The van der Waals surface area contributed by atoms with Gasteiger partial charge in [-0.25, -0.2) is 14.2 Å². The Hall–Kier alpha value is -2.96. The Kier molecular flexibility index (Phi) is 3.45. The molecule has 3 atom stereocenters. The number of carbonyl (C=O) groups is 2. The number of hydrogen-bond donors (Lipinski definition) is 2. The molecule has 6 nitrogen and oxygen atoms in total. The zero-order valence-electron chi connectivity index (χ0n) is 13.3. The molecular weight excluding hydrogens is 327 g/mol. The first-order chi connectivity index (χ1) is 12.0. The molecule has 1 saturated carbocycles. The van der Waals surface area contributed by atoms with E-state index in [2.05, 4.69) is 10.3 Å². The fourth-order valence-electron chi connectivity index (χ4n) is 3.65. The van der Waals surface area contributed by atoms with Gasteiger partial charge in [0, 0.05) is 24.1 Å². The standard InChI is InChI=1S/C18H15FN2O4/c1-25-10-6-13(20-14(7-10)18(23)24)17(22)21-16-12-5-8-4-9(19)2-3-11(8)15(12)16/h2-4,6-7,12,15-16H,5H2,1H3,(H,21,22)(H,23,24). The molecule has 25 heavy (non-hydrogen) atoms. The smallest absolute Gasteiger partial charge is 0.354 e. The van der Waals surface area contributed by atoms with Crippen LogP contribution in [0, 0.1) is 11.7 Å². The van der Waals surface area contributed by atoms with Crippen LogP contribution in [0.3, 0.4) is 0 Å². The SMILES string of the molecule is COc1cc(C(=O)O)nc(C(=O)NC2C3Cc4cc(F)ccc4C32)c1. The number of aromatic carboxylic acids is 1. The lowest BCUT2D eigenvalue weighted by Gasteiger charge is -2.10. The number of hydrogen-bond acceptors (Lipinski definition) is 4. The number of pyridine rings is 1. The van der Waals surface area contributed by atoms with Crippen molar-refractivity contribution in [3.8, 4) is 5.75 Å². The number of nitrogens with zero attached hydrogens (tertiary/aromatic N) is 1. The maximum Gasteiger partial charge on any atom is 0.354 e. The topological polar surface area (TPSA) is 88.5 Å². The number of nitrogens with one attached hydrogen (secondary N) is 1. The van der Waals surface area contributed by atoms with Crippen LogP contribution in [0.15, 0.2) is 30.3 Å². The van der Waals surface area contributed by atoms with E-state index in [0.29, 0.717) is 0 Å². The predicted molar refractivity (Wildman–Crippen MR) is 85.3 cm³/mol. The molecule has 0 bridgehead atoms. The molecule has 1 amide bonds. The number of halogens is 1. The molecule has 1 aromatic carbocycles. The zero-order chi connectivity index (χ0) is 17.7. The molecular formula is C18H15FN2O4. The molecule has 7 heteroatoms. The second-order valence-electron chi connectivity index (χ2n) is 6.32. The van der Waals surface area contributed by atoms with Crippen LogP contribution < -0.4 is 10.1 Å². The summed E-state index contributed by atoms with van der Waals surface area (Å²) < 4.78 is 18.3. The highest BCUT2D eigenvalue weighted by Gasteiger charge is 2.56. The molecule has 3 unspecified atom stereocenters. The van der Waals surface area contributed by atoms with Crippen molar-refractivity contribution in [1.29, 1.82) is 0 Å². The van der Waals surface area contributed by atoms with Crippen molar-refractivity contribution < 1.29 is 23.8 Å². The quantitative estimate of drug-likeness (QED) is 0.887. The summed E-state index contributed by atoms with van der Waals surface area (Å²) in [6.07, 6.45) is 0.731. The first-order valence-electron chi connectivity index (χ1n) is 7.86.